The Labute approximate surface area is 181 Å². The molecule has 1 aliphatic rings. The van der Waals surface area contributed by atoms with Crippen LogP contribution in [-0.2, 0) is 16.0 Å². The van der Waals surface area contributed by atoms with Crippen LogP contribution in [0.3, 0.4) is 0 Å². The molecule has 4 nitrogen and oxygen atoms in total. The van der Waals surface area contributed by atoms with Crippen LogP contribution in [0.15, 0.2) is 65.7 Å². The van der Waals surface area contributed by atoms with Crippen molar-refractivity contribution in [1.82, 2.24) is 4.90 Å². The number of hydrogen-bond donors (Lipinski definition) is 0. The highest BCUT2D eigenvalue weighted by atomic mass is 32.2. The predicted octanol–water partition coefficient (Wildman–Crippen LogP) is 4.81. The molecule has 2 aromatic rings. The highest BCUT2D eigenvalue weighted by Gasteiger charge is 2.41. The van der Waals surface area contributed by atoms with Crippen molar-refractivity contribution in [3.63, 3.8) is 0 Å². The van der Waals surface area contributed by atoms with Gasteiger partial charge < -0.3 is 0 Å². The zero-order chi connectivity index (χ0) is 20.8. The zero-order valence-electron chi connectivity index (χ0n) is 16.5. The first-order valence-corrected chi connectivity index (χ1v) is 11.1. The molecule has 29 heavy (non-hydrogen) atoms. The highest BCUT2D eigenvalue weighted by Crippen LogP contribution is 2.36. The van der Waals surface area contributed by atoms with Gasteiger partial charge in [-0.1, -0.05) is 98.5 Å². The number of amides is 1. The number of isocyanates is 1. The first-order chi connectivity index (χ1) is 14.0. The minimum absolute atomic E-state index is 0.0508. The van der Waals surface area contributed by atoms with Crippen LogP contribution in [0.5, 0.6) is 0 Å². The molecule has 0 unspecified atom stereocenters. The maximum absolute atomic E-state index is 13.8. The molecular weight excluding hydrogens is 400 g/mol. The van der Waals surface area contributed by atoms with Gasteiger partial charge in [-0.05, 0) is 23.5 Å². The number of aliphatic imine (C=N–C) groups is 1. The van der Waals surface area contributed by atoms with Crippen LogP contribution in [0.25, 0.3) is 0 Å². The van der Waals surface area contributed by atoms with Crippen molar-refractivity contribution in [3.05, 3.63) is 71.8 Å². The number of thioether (sulfide) groups is 1. The van der Waals surface area contributed by atoms with Crippen LogP contribution in [-0.4, -0.2) is 33.0 Å². The third-order valence-electron chi connectivity index (χ3n) is 5.24. The summed E-state index contributed by atoms with van der Waals surface area (Å²) in [6, 6.07) is 18.7. The summed E-state index contributed by atoms with van der Waals surface area (Å²) in [5, 5.41) is 0. The SMILES string of the molecule is CC(C)[C@H]1CSC(=S)N1C(=O)[C@H](Cc1ccccc1)[C@@H](N=C=O)c1ccccc1. The lowest BCUT2D eigenvalue weighted by molar-refractivity contribution is -0.133. The lowest BCUT2D eigenvalue weighted by Gasteiger charge is -2.32. The zero-order valence-corrected chi connectivity index (χ0v) is 18.2. The van der Waals surface area contributed by atoms with Crippen molar-refractivity contribution in [1.29, 1.82) is 0 Å². The van der Waals surface area contributed by atoms with E-state index < -0.39 is 12.0 Å². The Morgan fingerprint density at radius 3 is 2.38 bits per heavy atom. The van der Waals surface area contributed by atoms with E-state index in [1.807, 2.05) is 60.7 Å². The molecular formula is C23H24N2O2S2. The average molecular weight is 425 g/mol. The molecule has 0 aromatic heterocycles. The quantitative estimate of drug-likeness (QED) is 0.364. The van der Waals surface area contributed by atoms with E-state index in [1.165, 1.54) is 0 Å². The molecule has 1 aliphatic heterocycles. The summed E-state index contributed by atoms with van der Waals surface area (Å²) in [4.78, 5) is 30.9. The number of thiocarbonyl (C=S) groups is 1. The summed E-state index contributed by atoms with van der Waals surface area (Å²) in [5.74, 6) is 0.469. The van der Waals surface area contributed by atoms with Gasteiger partial charge in [-0.25, -0.2) is 4.79 Å². The lowest BCUT2D eigenvalue weighted by atomic mass is 9.86. The van der Waals surface area contributed by atoms with E-state index in [4.69, 9.17) is 12.2 Å². The normalized spacial score (nSPS) is 18.4. The number of hydrogen-bond acceptors (Lipinski definition) is 5. The molecule has 3 atom stereocenters. The number of rotatable bonds is 7. The number of nitrogens with zero attached hydrogens (tertiary/aromatic N) is 2. The smallest absolute Gasteiger partial charge is 0.235 e. The van der Waals surface area contributed by atoms with Gasteiger partial charge in [0.25, 0.3) is 0 Å². The van der Waals surface area contributed by atoms with Gasteiger partial charge in [0.2, 0.25) is 12.0 Å². The van der Waals surface area contributed by atoms with Gasteiger partial charge in [0, 0.05) is 11.8 Å². The van der Waals surface area contributed by atoms with Crippen molar-refractivity contribution < 1.29 is 9.59 Å². The average Bonchev–Trinajstić information content (AvgIpc) is 3.13. The predicted molar refractivity (Wildman–Crippen MR) is 121 cm³/mol. The fourth-order valence-corrected chi connectivity index (χ4v) is 5.31. The van der Waals surface area contributed by atoms with E-state index in [9.17, 15) is 9.59 Å². The molecule has 1 fully saturated rings. The summed E-state index contributed by atoms with van der Waals surface area (Å²) in [5.41, 5.74) is 1.84. The molecule has 6 heteroatoms. The minimum atomic E-state index is -0.609. The summed E-state index contributed by atoms with van der Waals surface area (Å²) >= 11 is 7.07. The van der Waals surface area contributed by atoms with E-state index in [1.54, 1.807) is 22.7 Å². The van der Waals surface area contributed by atoms with Gasteiger partial charge in [0.05, 0.1) is 12.0 Å². The van der Waals surface area contributed by atoms with Gasteiger partial charge in [0.15, 0.2) is 0 Å². The number of carbonyl (C=O) groups excluding carboxylic acids is 2. The second kappa shape index (κ2) is 9.97. The van der Waals surface area contributed by atoms with Crippen molar-refractivity contribution in [2.75, 3.05) is 5.75 Å². The Morgan fingerprint density at radius 2 is 1.79 bits per heavy atom. The second-order valence-corrected chi connectivity index (χ2v) is 9.12. The van der Waals surface area contributed by atoms with Crippen molar-refractivity contribution in [2.24, 2.45) is 16.8 Å². The van der Waals surface area contributed by atoms with Crippen LogP contribution in [0.4, 0.5) is 0 Å². The van der Waals surface area contributed by atoms with E-state index in [-0.39, 0.29) is 17.9 Å². The first kappa shape index (κ1) is 21.4. The Hall–Kier alpha value is -2.27. The van der Waals surface area contributed by atoms with Gasteiger partial charge in [-0.2, -0.15) is 4.99 Å². The molecule has 1 amide bonds. The van der Waals surface area contributed by atoms with Gasteiger partial charge >= 0.3 is 0 Å². The monoisotopic (exact) mass is 424 g/mol. The summed E-state index contributed by atoms with van der Waals surface area (Å²) in [7, 11) is 0. The molecule has 0 radical (unpaired) electrons. The molecule has 0 saturated carbocycles. The van der Waals surface area contributed by atoms with Crippen LogP contribution in [0, 0.1) is 11.8 Å². The topological polar surface area (TPSA) is 49.7 Å². The Kier molecular flexibility index (Phi) is 7.37. The third kappa shape index (κ3) is 5.02. The molecule has 0 N–H and O–H groups in total. The fourth-order valence-electron chi connectivity index (χ4n) is 3.66. The standard InChI is InChI=1S/C23H24N2O2S2/c1-16(2)20-14-29-23(28)25(20)22(27)19(13-17-9-5-3-6-10-17)21(24-15-26)18-11-7-4-8-12-18/h3-12,16,19-21H,13-14H2,1-2H3/t19-,20-,21+/m1/s1. The van der Waals surface area contributed by atoms with E-state index in [0.717, 1.165) is 16.9 Å². The fraction of sp³-hybridized carbons (Fsp3) is 0.348. The maximum atomic E-state index is 13.8. The van der Waals surface area contributed by atoms with Gasteiger partial charge in [0.1, 0.15) is 4.32 Å². The molecule has 3 rings (SSSR count). The van der Waals surface area contributed by atoms with E-state index >= 15 is 0 Å². The lowest BCUT2D eigenvalue weighted by Crippen LogP contribution is -2.46. The summed E-state index contributed by atoms with van der Waals surface area (Å²) in [6.45, 7) is 4.20. The van der Waals surface area contributed by atoms with E-state index in [0.29, 0.717) is 10.7 Å². The molecule has 150 valence electrons. The minimum Gasteiger partial charge on any atom is -0.293 e. The maximum Gasteiger partial charge on any atom is 0.235 e. The van der Waals surface area contributed by atoms with Crippen LogP contribution in [0.1, 0.15) is 31.0 Å². The second-order valence-electron chi connectivity index (χ2n) is 7.47. The van der Waals surface area contributed by atoms with Crippen molar-refractivity contribution in [3.8, 4) is 0 Å². The van der Waals surface area contributed by atoms with Gasteiger partial charge in [-0.15, -0.1) is 0 Å². The van der Waals surface area contributed by atoms with Gasteiger partial charge in [-0.3, -0.25) is 9.69 Å². The Bertz CT molecular complexity index is 896. The Balaban J connectivity index is 2.03. The number of carbonyl (C=O) groups is 1. The van der Waals surface area contributed by atoms with Crippen molar-refractivity contribution >= 4 is 40.3 Å². The Morgan fingerprint density at radius 1 is 1.17 bits per heavy atom. The van der Waals surface area contributed by atoms with Crippen molar-refractivity contribution in [2.45, 2.75) is 32.4 Å². The highest BCUT2D eigenvalue weighted by molar-refractivity contribution is 8.23. The van der Waals surface area contributed by atoms with E-state index in [2.05, 4.69) is 18.8 Å². The molecule has 0 bridgehead atoms. The van der Waals surface area contributed by atoms with Crippen LogP contribution < -0.4 is 0 Å². The molecule has 1 saturated heterocycles. The molecule has 0 aliphatic carbocycles. The third-order valence-corrected chi connectivity index (χ3v) is 6.74. The summed E-state index contributed by atoms with van der Waals surface area (Å²) < 4.78 is 0.605. The largest absolute Gasteiger partial charge is 0.293 e. The first-order valence-electron chi connectivity index (χ1n) is 9.68. The summed E-state index contributed by atoms with van der Waals surface area (Å²) in [6.07, 6.45) is 2.16. The molecule has 0 spiro atoms. The van der Waals surface area contributed by atoms with Crippen LogP contribution >= 0.6 is 24.0 Å². The van der Waals surface area contributed by atoms with Crippen LogP contribution in [0.2, 0.25) is 0 Å². The number of benzene rings is 2. The molecule has 2 aromatic carbocycles. The molecule has 1 heterocycles.